The topological polar surface area (TPSA) is 82.3 Å². The van der Waals surface area contributed by atoms with E-state index >= 15 is 0 Å². The van der Waals surface area contributed by atoms with Crippen molar-refractivity contribution in [3.05, 3.63) is 71.9 Å². The van der Waals surface area contributed by atoms with Gasteiger partial charge in [-0.1, -0.05) is 24.8 Å². The molecule has 2 saturated heterocycles. The number of anilines is 2. The highest BCUT2D eigenvalue weighted by Crippen LogP contribution is 2.34. The number of likely N-dealkylation sites (tertiary alicyclic amines) is 1. The van der Waals surface area contributed by atoms with Crippen molar-refractivity contribution in [1.82, 2.24) is 24.8 Å². The Hall–Kier alpha value is -4.23. The number of pyridine rings is 1. The average Bonchev–Trinajstić information content (AvgIpc) is 3.43. The van der Waals surface area contributed by atoms with Crippen molar-refractivity contribution < 1.29 is 9.53 Å². The SMILES string of the molecule is [C-]#[N+]CC1CN(c2nc(OC[C@@H]3CCCN3C)nc3c2CCN(c2cccc4cccnc24)C3)CCN1C(=O)C=C. The number of fused-ring (bicyclic) bond motifs is 2. The van der Waals surface area contributed by atoms with E-state index in [1.165, 1.54) is 12.5 Å². The number of carbonyl (C=O) groups excluding carboxylic acids is 1. The first-order valence-electron chi connectivity index (χ1n) is 14.4. The molecular weight excluding hydrogens is 516 g/mol. The summed E-state index contributed by atoms with van der Waals surface area (Å²) in [5.41, 5.74) is 4.15. The van der Waals surface area contributed by atoms with Crippen molar-refractivity contribution in [2.75, 3.05) is 62.7 Å². The highest BCUT2D eigenvalue weighted by Gasteiger charge is 2.35. The molecule has 212 valence electrons. The summed E-state index contributed by atoms with van der Waals surface area (Å²) in [6.07, 6.45) is 6.23. The largest absolute Gasteiger partial charge is 0.462 e. The molecule has 6 rings (SSSR count). The molecule has 3 aromatic rings. The fourth-order valence-corrected chi connectivity index (χ4v) is 6.34. The number of rotatable bonds is 7. The Morgan fingerprint density at radius 3 is 2.83 bits per heavy atom. The number of aromatic nitrogens is 3. The van der Waals surface area contributed by atoms with Gasteiger partial charge in [0.1, 0.15) is 18.5 Å². The van der Waals surface area contributed by atoms with E-state index < -0.39 is 0 Å². The number of ether oxygens (including phenoxy) is 1. The van der Waals surface area contributed by atoms with E-state index in [0.717, 1.165) is 59.6 Å². The molecule has 0 spiro atoms. The second-order valence-electron chi connectivity index (χ2n) is 11.0. The van der Waals surface area contributed by atoms with Gasteiger partial charge in [-0.3, -0.25) is 9.78 Å². The second-order valence-corrected chi connectivity index (χ2v) is 11.0. The van der Waals surface area contributed by atoms with Crippen LogP contribution in [0.15, 0.2) is 49.2 Å². The van der Waals surface area contributed by atoms with Crippen LogP contribution in [0.25, 0.3) is 15.7 Å². The van der Waals surface area contributed by atoms with Gasteiger partial charge in [-0.2, -0.15) is 9.97 Å². The molecule has 41 heavy (non-hydrogen) atoms. The molecule has 0 N–H and O–H groups in total. The van der Waals surface area contributed by atoms with Crippen LogP contribution >= 0.6 is 0 Å². The Morgan fingerprint density at radius 2 is 2.02 bits per heavy atom. The number of hydrogen-bond acceptors (Lipinski definition) is 8. The minimum absolute atomic E-state index is 0.132. The fraction of sp³-hybridized carbons (Fsp3) is 0.452. The summed E-state index contributed by atoms with van der Waals surface area (Å²) in [5, 5.41) is 1.11. The van der Waals surface area contributed by atoms with Crippen molar-refractivity contribution in [2.45, 2.75) is 37.9 Å². The number of hydrogen-bond donors (Lipinski definition) is 0. The minimum Gasteiger partial charge on any atom is -0.462 e. The van der Waals surface area contributed by atoms with Crippen molar-refractivity contribution in [3.63, 3.8) is 0 Å². The summed E-state index contributed by atoms with van der Waals surface area (Å²) in [7, 11) is 2.14. The Balaban J connectivity index is 1.33. The van der Waals surface area contributed by atoms with Gasteiger partial charge in [-0.25, -0.2) is 6.57 Å². The number of likely N-dealkylation sites (N-methyl/N-ethyl adjacent to an activating group) is 1. The number of carbonyl (C=O) groups is 1. The number of amides is 1. The van der Waals surface area contributed by atoms with Gasteiger partial charge < -0.3 is 29.2 Å². The molecule has 10 nitrogen and oxygen atoms in total. The smallest absolute Gasteiger partial charge is 0.318 e. The average molecular weight is 553 g/mol. The van der Waals surface area contributed by atoms with Gasteiger partial charge in [0.15, 0.2) is 0 Å². The van der Waals surface area contributed by atoms with E-state index in [9.17, 15) is 4.79 Å². The predicted molar refractivity (Wildman–Crippen MR) is 159 cm³/mol. The molecule has 2 aromatic heterocycles. The van der Waals surface area contributed by atoms with Gasteiger partial charge in [0.05, 0.1) is 23.4 Å². The zero-order chi connectivity index (χ0) is 28.3. The van der Waals surface area contributed by atoms with Crippen molar-refractivity contribution in [3.8, 4) is 6.01 Å². The maximum absolute atomic E-state index is 12.5. The molecule has 0 saturated carbocycles. The first kappa shape index (κ1) is 27.0. The zero-order valence-electron chi connectivity index (χ0n) is 23.6. The summed E-state index contributed by atoms with van der Waals surface area (Å²) >= 11 is 0. The lowest BCUT2D eigenvalue weighted by atomic mass is 10.0. The number of benzene rings is 1. The summed E-state index contributed by atoms with van der Waals surface area (Å²) in [6.45, 7) is 16.1. The van der Waals surface area contributed by atoms with Crippen molar-refractivity contribution in [2.24, 2.45) is 0 Å². The van der Waals surface area contributed by atoms with Crippen molar-refractivity contribution >= 4 is 28.3 Å². The molecule has 5 heterocycles. The van der Waals surface area contributed by atoms with E-state index in [2.05, 4.69) is 62.4 Å². The second kappa shape index (κ2) is 11.7. The van der Waals surface area contributed by atoms with Gasteiger partial charge in [-0.15, -0.1) is 0 Å². The van der Waals surface area contributed by atoms with E-state index in [1.807, 2.05) is 12.3 Å². The van der Waals surface area contributed by atoms with Crippen molar-refractivity contribution in [1.29, 1.82) is 0 Å². The summed E-state index contributed by atoms with van der Waals surface area (Å²) in [6, 6.07) is 10.9. The van der Waals surface area contributed by atoms with E-state index in [1.54, 1.807) is 4.90 Å². The molecule has 2 fully saturated rings. The van der Waals surface area contributed by atoms with Gasteiger partial charge in [0.25, 0.3) is 0 Å². The lowest BCUT2D eigenvalue weighted by Gasteiger charge is -2.41. The third-order valence-electron chi connectivity index (χ3n) is 8.59. The molecule has 10 heteroatoms. The van der Waals surface area contributed by atoms with E-state index in [0.29, 0.717) is 44.8 Å². The van der Waals surface area contributed by atoms with Crippen LogP contribution in [0.2, 0.25) is 0 Å². The monoisotopic (exact) mass is 552 g/mol. The Morgan fingerprint density at radius 1 is 1.15 bits per heavy atom. The van der Waals surface area contributed by atoms with Crippen LogP contribution in [0.3, 0.4) is 0 Å². The standard InChI is InChI=1S/C31H36N8O2/c1-4-28(40)39-17-16-38(19-24(39)18-32-2)30-25-12-15-37(27-11-5-8-22-9-6-13-33-29(22)27)20-26(25)34-31(35-30)41-21-23-10-7-14-36(23)3/h4-6,8-9,11,13,23-24H,1,7,10,12,14-21H2,3H3/t23-,24?/m0/s1. The normalized spacial score (nSPS) is 21.0. The molecule has 3 aliphatic rings. The number of para-hydroxylation sites is 1. The van der Waals surface area contributed by atoms with Gasteiger partial charge in [0, 0.05) is 49.4 Å². The van der Waals surface area contributed by atoms with Crippen LogP contribution in [0.1, 0.15) is 24.1 Å². The molecule has 0 aliphatic carbocycles. The molecule has 1 unspecified atom stereocenters. The van der Waals surface area contributed by atoms with E-state index in [4.69, 9.17) is 21.3 Å². The maximum atomic E-state index is 12.5. The molecule has 2 atom stereocenters. The lowest BCUT2D eigenvalue weighted by molar-refractivity contribution is -0.128. The molecule has 3 aliphatic heterocycles. The highest BCUT2D eigenvalue weighted by atomic mass is 16.5. The maximum Gasteiger partial charge on any atom is 0.318 e. The third kappa shape index (κ3) is 5.42. The molecule has 1 amide bonds. The quantitative estimate of drug-likeness (QED) is 0.327. The highest BCUT2D eigenvalue weighted by molar-refractivity contribution is 5.91. The Kier molecular flexibility index (Phi) is 7.70. The van der Waals surface area contributed by atoms with Crippen LogP contribution in [-0.4, -0.2) is 95.7 Å². The number of piperazine rings is 1. The number of nitrogens with zero attached hydrogens (tertiary/aromatic N) is 8. The Bertz CT molecular complexity index is 1480. The van der Waals surface area contributed by atoms with Crippen LogP contribution in [0, 0.1) is 6.57 Å². The van der Waals surface area contributed by atoms with E-state index in [-0.39, 0.29) is 18.5 Å². The minimum atomic E-state index is -0.226. The summed E-state index contributed by atoms with van der Waals surface area (Å²) < 4.78 is 6.27. The molecule has 0 bridgehead atoms. The van der Waals surface area contributed by atoms with Gasteiger partial charge in [0.2, 0.25) is 12.5 Å². The lowest BCUT2D eigenvalue weighted by Crippen LogP contribution is -2.56. The first-order chi connectivity index (χ1) is 20.1. The van der Waals surface area contributed by atoms with Gasteiger partial charge >= 0.3 is 6.01 Å². The molecule has 1 aromatic carbocycles. The van der Waals surface area contributed by atoms with Crippen LogP contribution in [0.5, 0.6) is 6.01 Å². The van der Waals surface area contributed by atoms with Crippen LogP contribution in [0.4, 0.5) is 11.5 Å². The van der Waals surface area contributed by atoms with Crippen LogP contribution in [-0.2, 0) is 17.8 Å². The summed E-state index contributed by atoms with van der Waals surface area (Å²) in [5.74, 6) is 0.730. The van der Waals surface area contributed by atoms with Gasteiger partial charge in [-0.05, 0) is 51.1 Å². The summed E-state index contributed by atoms with van der Waals surface area (Å²) in [4.78, 5) is 39.4. The van der Waals surface area contributed by atoms with Crippen LogP contribution < -0.4 is 14.5 Å². The fourth-order valence-electron chi connectivity index (χ4n) is 6.34. The third-order valence-corrected chi connectivity index (χ3v) is 8.59. The first-order valence-corrected chi connectivity index (χ1v) is 14.4. The molecular formula is C31H36N8O2. The molecule has 0 radical (unpaired) electrons. The predicted octanol–water partition coefficient (Wildman–Crippen LogP) is 3.18. The zero-order valence-corrected chi connectivity index (χ0v) is 23.6. The Labute approximate surface area is 241 Å².